The fourth-order valence-corrected chi connectivity index (χ4v) is 9.73. The van der Waals surface area contributed by atoms with Crippen molar-refractivity contribution in [3.05, 3.63) is 115 Å². The molecule has 0 radical (unpaired) electrons. The molecule has 0 heterocycles. The van der Waals surface area contributed by atoms with Crippen LogP contribution in [0.5, 0.6) is 5.75 Å². The molecule has 0 aliphatic rings. The zero-order chi connectivity index (χ0) is 29.9. The Morgan fingerprint density at radius 3 is 1.98 bits per heavy atom. The van der Waals surface area contributed by atoms with Gasteiger partial charge in [0.05, 0.1) is 20.3 Å². The van der Waals surface area contributed by atoms with Gasteiger partial charge in [-0.3, -0.25) is 0 Å². The van der Waals surface area contributed by atoms with Gasteiger partial charge in [-0.05, 0) is 52.5 Å². The van der Waals surface area contributed by atoms with Gasteiger partial charge >= 0.3 is 0 Å². The van der Waals surface area contributed by atoms with Gasteiger partial charge in [0.15, 0.2) is 0 Å². The third-order valence-electron chi connectivity index (χ3n) is 7.40. The van der Waals surface area contributed by atoms with Gasteiger partial charge < -0.3 is 19.0 Å². The second kappa shape index (κ2) is 15.3. The number of methoxy groups -OCH3 is 1. The molecule has 220 valence electrons. The maximum absolute atomic E-state index is 15.1. The molecule has 0 saturated heterocycles. The lowest BCUT2D eigenvalue weighted by atomic mass is 10.0. The first-order valence-electron chi connectivity index (χ1n) is 14.3. The predicted molar refractivity (Wildman–Crippen MR) is 169 cm³/mol. The maximum atomic E-state index is 15.1. The summed E-state index contributed by atoms with van der Waals surface area (Å²) in [5.41, 5.74) is 1.05. The first-order chi connectivity index (χ1) is 19.6. The topological polar surface area (TPSA) is 47.9 Å². The van der Waals surface area contributed by atoms with E-state index in [1.165, 1.54) is 22.5 Å². The molecule has 3 rings (SSSR count). The minimum Gasteiger partial charge on any atom is -0.497 e. The Bertz CT molecular complexity index is 1200. The molecule has 3 aromatic carbocycles. The van der Waals surface area contributed by atoms with E-state index < -0.39 is 20.2 Å². The van der Waals surface area contributed by atoms with Crippen LogP contribution >= 0.6 is 0 Å². The molecule has 0 aromatic heterocycles. The predicted octanol–water partition coefficient (Wildman–Crippen LogP) is 6.97. The Morgan fingerprint density at radius 1 is 0.902 bits per heavy atom. The molecule has 0 bridgehead atoms. The summed E-state index contributed by atoms with van der Waals surface area (Å²) in [6.45, 7) is 11.6. The van der Waals surface area contributed by atoms with Crippen LogP contribution in [0.4, 0.5) is 4.39 Å². The Hall–Kier alpha value is -3.03. The van der Waals surface area contributed by atoms with Crippen molar-refractivity contribution in [3.63, 3.8) is 0 Å². The summed E-state index contributed by atoms with van der Waals surface area (Å²) in [6, 6.07) is 28.5. The first-order valence-corrected chi connectivity index (χ1v) is 16.2. The maximum Gasteiger partial charge on any atom is 0.261 e. The van der Waals surface area contributed by atoms with Gasteiger partial charge in [-0.2, -0.15) is 0 Å². The zero-order valence-electron chi connectivity index (χ0n) is 25.2. The van der Waals surface area contributed by atoms with Crippen LogP contribution in [-0.2, 0) is 15.8 Å². The zero-order valence-corrected chi connectivity index (χ0v) is 26.2. The lowest BCUT2D eigenvalue weighted by molar-refractivity contribution is 0.125. The lowest BCUT2D eigenvalue weighted by Crippen LogP contribution is -2.67. The van der Waals surface area contributed by atoms with Crippen LogP contribution < -0.4 is 15.1 Å². The van der Waals surface area contributed by atoms with E-state index in [0.29, 0.717) is 19.6 Å². The van der Waals surface area contributed by atoms with Gasteiger partial charge in [0.1, 0.15) is 17.7 Å². The number of hydrogen-bond donors (Lipinski definition) is 1. The Balaban J connectivity index is 1.64. The number of aliphatic hydroxyl groups is 1. The molecular weight excluding hydrogens is 531 g/mol. The highest BCUT2D eigenvalue weighted by Crippen LogP contribution is 2.38. The fraction of sp³-hybridized carbons (Fsp3) is 0.371. The minimum atomic E-state index is -2.77. The molecule has 4 nitrogen and oxygen atoms in total. The average molecular weight is 577 g/mol. The molecule has 1 unspecified atom stereocenters. The summed E-state index contributed by atoms with van der Waals surface area (Å²) < 4.78 is 33.0. The summed E-state index contributed by atoms with van der Waals surface area (Å²) in [5, 5.41) is 12.6. The van der Waals surface area contributed by atoms with Gasteiger partial charge in [-0.15, -0.1) is 0 Å². The number of benzene rings is 3. The van der Waals surface area contributed by atoms with Crippen LogP contribution in [0, 0.1) is 5.92 Å². The third kappa shape index (κ3) is 8.73. The molecule has 0 fully saturated rings. The monoisotopic (exact) mass is 576 g/mol. The highest BCUT2D eigenvalue weighted by molar-refractivity contribution is 6.99. The van der Waals surface area contributed by atoms with Crippen LogP contribution in [0.3, 0.4) is 0 Å². The van der Waals surface area contributed by atoms with E-state index in [1.54, 1.807) is 13.2 Å². The van der Waals surface area contributed by atoms with Crippen LogP contribution in [0.15, 0.2) is 109 Å². The first kappa shape index (κ1) is 32.5. The van der Waals surface area contributed by atoms with Crippen molar-refractivity contribution >= 4 is 18.7 Å². The Kier molecular flexibility index (Phi) is 12.1. The largest absolute Gasteiger partial charge is 0.497 e. The van der Waals surface area contributed by atoms with Gasteiger partial charge in [-0.1, -0.05) is 113 Å². The van der Waals surface area contributed by atoms with Crippen molar-refractivity contribution in [2.24, 2.45) is 5.92 Å². The van der Waals surface area contributed by atoms with E-state index in [0.717, 1.165) is 11.3 Å². The number of halogens is 1. The van der Waals surface area contributed by atoms with Crippen LogP contribution in [0.1, 0.15) is 46.6 Å². The number of ether oxygens (including phenoxy) is 2. The molecule has 3 aromatic rings. The second-order valence-electron chi connectivity index (χ2n) is 11.5. The van der Waals surface area contributed by atoms with Crippen molar-refractivity contribution in [1.82, 2.24) is 0 Å². The molecular formula is C35H45FO4Si. The molecule has 0 aliphatic carbocycles. The van der Waals surface area contributed by atoms with Gasteiger partial charge in [0.25, 0.3) is 8.32 Å². The molecule has 0 saturated carbocycles. The summed E-state index contributed by atoms with van der Waals surface area (Å²) >= 11 is 0. The van der Waals surface area contributed by atoms with E-state index in [9.17, 15) is 5.11 Å². The van der Waals surface area contributed by atoms with E-state index in [1.807, 2.05) is 50.2 Å². The van der Waals surface area contributed by atoms with Gasteiger partial charge in [0.2, 0.25) is 0 Å². The molecule has 0 aliphatic heterocycles. The van der Waals surface area contributed by atoms with Crippen LogP contribution in [-0.4, -0.2) is 39.3 Å². The lowest BCUT2D eigenvalue weighted by Gasteiger charge is -2.45. The number of hydrogen-bond acceptors (Lipinski definition) is 4. The standard InChI is InChI=1S/C35H45FO4Si/c1-27(25-33(36)34(37)19-13-14-24-39-26-29-20-22-30(38-6)23-21-29)28(2)40-41(35(3,4)5,31-15-9-7-10-16-31)32-17-11-8-12-18-32/h7-13,15-23,25,27-28,34,37H,14,24,26H2,1-6H3/b19-13-,33-25+/t27-,28-,34?/m0/s1. The van der Waals surface area contributed by atoms with Gasteiger partial charge in [0, 0.05) is 12.0 Å². The summed E-state index contributed by atoms with van der Waals surface area (Å²) in [6.07, 6.45) is 3.69. The fourth-order valence-electron chi connectivity index (χ4n) is 4.94. The third-order valence-corrected chi connectivity index (χ3v) is 12.5. The Labute approximate surface area is 246 Å². The van der Waals surface area contributed by atoms with Crippen LogP contribution in [0.2, 0.25) is 5.04 Å². The van der Waals surface area contributed by atoms with Crippen molar-refractivity contribution in [3.8, 4) is 5.75 Å². The molecule has 0 amide bonds. The molecule has 1 N–H and O–H groups in total. The normalized spacial score (nSPS) is 15.1. The van der Waals surface area contributed by atoms with Crippen molar-refractivity contribution in [1.29, 1.82) is 0 Å². The molecule has 0 spiro atoms. The number of aliphatic hydroxyl groups excluding tert-OH is 1. The smallest absolute Gasteiger partial charge is 0.261 e. The SMILES string of the molecule is COc1ccc(COCC/C=C\C(O)/C(F)=C\[C@H](C)[C@H](C)O[Si](c2ccccc2)(c2ccccc2)C(C)(C)C)cc1. The van der Waals surface area contributed by atoms with E-state index in [2.05, 4.69) is 69.3 Å². The molecule has 6 heteroatoms. The average Bonchev–Trinajstić information content (AvgIpc) is 2.97. The summed E-state index contributed by atoms with van der Waals surface area (Å²) in [4.78, 5) is 0. The van der Waals surface area contributed by atoms with E-state index >= 15 is 4.39 Å². The van der Waals surface area contributed by atoms with E-state index in [4.69, 9.17) is 13.9 Å². The Morgan fingerprint density at radius 2 is 1.46 bits per heavy atom. The molecule has 3 atom stereocenters. The van der Waals surface area contributed by atoms with Crippen LogP contribution in [0.25, 0.3) is 0 Å². The minimum absolute atomic E-state index is 0.177. The quantitative estimate of drug-likeness (QED) is 0.128. The van der Waals surface area contributed by atoms with Crippen molar-refractivity contribution < 1.29 is 23.4 Å². The van der Waals surface area contributed by atoms with Crippen molar-refractivity contribution in [2.75, 3.05) is 13.7 Å². The second-order valence-corrected chi connectivity index (χ2v) is 15.7. The summed E-state index contributed by atoms with van der Waals surface area (Å²) in [5.74, 6) is -0.0302. The molecule has 41 heavy (non-hydrogen) atoms. The summed E-state index contributed by atoms with van der Waals surface area (Å²) in [7, 11) is -1.13. The van der Waals surface area contributed by atoms with E-state index in [-0.39, 0.29) is 17.1 Å². The highest BCUT2D eigenvalue weighted by Gasteiger charge is 2.51. The highest BCUT2D eigenvalue weighted by atomic mass is 28.4. The number of rotatable bonds is 14. The van der Waals surface area contributed by atoms with Gasteiger partial charge in [-0.25, -0.2) is 4.39 Å². The van der Waals surface area contributed by atoms with Crippen molar-refractivity contribution in [2.45, 2.75) is 64.9 Å².